The summed E-state index contributed by atoms with van der Waals surface area (Å²) in [5.74, 6) is -0.767. The van der Waals surface area contributed by atoms with Crippen LogP contribution >= 0.6 is 23.2 Å². The molecule has 0 saturated heterocycles. The average Bonchev–Trinajstić information content (AvgIpc) is 2.32. The highest BCUT2D eigenvalue weighted by atomic mass is 35.5. The van der Waals surface area contributed by atoms with E-state index >= 15 is 0 Å². The standard InChI is InChI=1S/C12H15Cl2N3O3/c13-8-2-1-6(4-9(8)14)3-7(15)5-10(11(16)18)17-12(19)20/h1-2,4,7,10,17H,3,5,15H2,(H2,16,18)(H,19,20). The Kier molecular flexibility index (Phi) is 6.06. The van der Waals surface area contributed by atoms with Gasteiger partial charge in [-0.3, -0.25) is 4.79 Å². The molecular weight excluding hydrogens is 305 g/mol. The Morgan fingerprint density at radius 3 is 2.45 bits per heavy atom. The van der Waals surface area contributed by atoms with Gasteiger partial charge in [0.15, 0.2) is 0 Å². The van der Waals surface area contributed by atoms with E-state index in [1.807, 2.05) is 5.32 Å². The van der Waals surface area contributed by atoms with Gasteiger partial charge >= 0.3 is 6.09 Å². The second-order valence-electron chi connectivity index (χ2n) is 4.35. The highest BCUT2D eigenvalue weighted by Crippen LogP contribution is 2.23. The molecule has 0 aromatic heterocycles. The number of primary amides is 1. The molecule has 0 aliphatic carbocycles. The fraction of sp³-hybridized carbons (Fsp3) is 0.333. The van der Waals surface area contributed by atoms with Crippen molar-refractivity contribution >= 4 is 35.2 Å². The Bertz CT molecular complexity index is 511. The van der Waals surface area contributed by atoms with E-state index < -0.39 is 24.1 Å². The van der Waals surface area contributed by atoms with E-state index in [4.69, 9.17) is 39.8 Å². The molecule has 0 fully saturated rings. The Balaban J connectivity index is 2.65. The van der Waals surface area contributed by atoms with Gasteiger partial charge in [0, 0.05) is 6.04 Å². The van der Waals surface area contributed by atoms with Crippen molar-refractivity contribution in [2.45, 2.75) is 24.9 Å². The summed E-state index contributed by atoms with van der Waals surface area (Å²) in [6.45, 7) is 0. The van der Waals surface area contributed by atoms with E-state index in [1.165, 1.54) is 0 Å². The van der Waals surface area contributed by atoms with E-state index in [2.05, 4.69) is 0 Å². The SMILES string of the molecule is NC(=O)C(CC(N)Cc1ccc(Cl)c(Cl)c1)NC(=O)O. The first kappa shape index (κ1) is 16.6. The van der Waals surface area contributed by atoms with Gasteiger partial charge in [0.05, 0.1) is 10.0 Å². The van der Waals surface area contributed by atoms with Crippen LogP contribution in [0.4, 0.5) is 4.79 Å². The average molecular weight is 320 g/mol. The third-order valence-corrected chi connectivity index (χ3v) is 3.40. The van der Waals surface area contributed by atoms with Crippen molar-refractivity contribution in [3.8, 4) is 0 Å². The predicted octanol–water partition coefficient (Wildman–Crippen LogP) is 1.37. The molecule has 1 aromatic carbocycles. The zero-order valence-electron chi connectivity index (χ0n) is 10.5. The Morgan fingerprint density at radius 2 is 1.95 bits per heavy atom. The van der Waals surface area contributed by atoms with Gasteiger partial charge in [-0.1, -0.05) is 29.3 Å². The third kappa shape index (κ3) is 5.24. The smallest absolute Gasteiger partial charge is 0.405 e. The summed E-state index contributed by atoms with van der Waals surface area (Å²) in [5, 5.41) is 11.5. The third-order valence-electron chi connectivity index (χ3n) is 2.66. The Labute approximate surface area is 126 Å². The van der Waals surface area contributed by atoms with Crippen LogP contribution in [0.3, 0.4) is 0 Å². The lowest BCUT2D eigenvalue weighted by atomic mass is 10.00. The molecule has 0 saturated carbocycles. The number of benzene rings is 1. The number of hydrogen-bond donors (Lipinski definition) is 4. The summed E-state index contributed by atoms with van der Waals surface area (Å²) in [6, 6.07) is 3.61. The number of nitrogens with two attached hydrogens (primary N) is 2. The molecule has 1 aromatic rings. The van der Waals surface area contributed by atoms with Crippen LogP contribution in [0.5, 0.6) is 0 Å². The van der Waals surface area contributed by atoms with Gasteiger partial charge in [-0.15, -0.1) is 0 Å². The van der Waals surface area contributed by atoms with E-state index in [0.717, 1.165) is 5.56 Å². The molecule has 0 aliphatic rings. The number of nitrogens with one attached hydrogen (secondary N) is 1. The predicted molar refractivity (Wildman–Crippen MR) is 76.9 cm³/mol. The zero-order chi connectivity index (χ0) is 15.3. The van der Waals surface area contributed by atoms with Crippen LogP contribution in [-0.2, 0) is 11.2 Å². The second kappa shape index (κ2) is 7.33. The van der Waals surface area contributed by atoms with Crippen LogP contribution in [-0.4, -0.2) is 29.2 Å². The summed E-state index contributed by atoms with van der Waals surface area (Å²) in [4.78, 5) is 21.7. The molecule has 0 heterocycles. The summed E-state index contributed by atoms with van der Waals surface area (Å²) in [7, 11) is 0. The highest BCUT2D eigenvalue weighted by Gasteiger charge is 2.21. The molecule has 8 heteroatoms. The molecule has 0 spiro atoms. The molecule has 2 unspecified atom stereocenters. The summed E-state index contributed by atoms with van der Waals surface area (Å²) in [5.41, 5.74) is 11.8. The van der Waals surface area contributed by atoms with Gasteiger partial charge in [-0.2, -0.15) is 0 Å². The van der Waals surface area contributed by atoms with Gasteiger partial charge < -0.3 is 21.9 Å². The van der Waals surface area contributed by atoms with E-state index in [0.29, 0.717) is 16.5 Å². The molecule has 1 rings (SSSR count). The highest BCUT2D eigenvalue weighted by molar-refractivity contribution is 6.42. The topological polar surface area (TPSA) is 118 Å². The van der Waals surface area contributed by atoms with Gasteiger partial charge in [0.2, 0.25) is 5.91 Å². The monoisotopic (exact) mass is 319 g/mol. The molecule has 20 heavy (non-hydrogen) atoms. The van der Waals surface area contributed by atoms with Crippen molar-refractivity contribution in [3.63, 3.8) is 0 Å². The molecular formula is C12H15Cl2N3O3. The molecule has 0 bridgehead atoms. The van der Waals surface area contributed by atoms with Crippen molar-refractivity contribution in [2.75, 3.05) is 0 Å². The summed E-state index contributed by atoms with van der Waals surface area (Å²) >= 11 is 11.7. The van der Waals surface area contributed by atoms with E-state index in [1.54, 1.807) is 18.2 Å². The Morgan fingerprint density at radius 1 is 1.30 bits per heavy atom. The molecule has 0 aliphatic heterocycles. The molecule has 2 atom stereocenters. The van der Waals surface area contributed by atoms with Gasteiger partial charge in [0.25, 0.3) is 0 Å². The van der Waals surface area contributed by atoms with Gasteiger partial charge in [-0.25, -0.2) is 4.79 Å². The molecule has 6 N–H and O–H groups in total. The number of halogens is 2. The van der Waals surface area contributed by atoms with Crippen molar-refractivity contribution in [3.05, 3.63) is 33.8 Å². The minimum Gasteiger partial charge on any atom is -0.465 e. The summed E-state index contributed by atoms with van der Waals surface area (Å²) in [6.07, 6.45) is -0.806. The molecule has 2 amide bonds. The van der Waals surface area contributed by atoms with Crippen LogP contribution in [0.2, 0.25) is 10.0 Å². The van der Waals surface area contributed by atoms with E-state index in [-0.39, 0.29) is 6.42 Å². The zero-order valence-corrected chi connectivity index (χ0v) is 12.0. The maximum absolute atomic E-state index is 11.1. The van der Waals surface area contributed by atoms with E-state index in [9.17, 15) is 9.59 Å². The van der Waals surface area contributed by atoms with Crippen LogP contribution < -0.4 is 16.8 Å². The maximum Gasteiger partial charge on any atom is 0.405 e. The first-order valence-corrected chi connectivity index (χ1v) is 6.53. The minimum absolute atomic E-state index is 0.0991. The number of hydrogen-bond acceptors (Lipinski definition) is 3. The van der Waals surface area contributed by atoms with Crippen molar-refractivity contribution in [1.82, 2.24) is 5.32 Å². The first-order chi connectivity index (χ1) is 9.29. The number of rotatable bonds is 6. The van der Waals surface area contributed by atoms with Crippen LogP contribution in [0.15, 0.2) is 18.2 Å². The van der Waals surface area contributed by atoms with Gasteiger partial charge in [0.1, 0.15) is 6.04 Å². The van der Waals surface area contributed by atoms with Crippen LogP contribution in [0, 0.1) is 0 Å². The fourth-order valence-corrected chi connectivity index (χ4v) is 2.07. The fourth-order valence-electron chi connectivity index (χ4n) is 1.75. The summed E-state index contributed by atoms with van der Waals surface area (Å²) < 4.78 is 0. The van der Waals surface area contributed by atoms with Crippen LogP contribution in [0.1, 0.15) is 12.0 Å². The second-order valence-corrected chi connectivity index (χ2v) is 5.17. The lowest BCUT2D eigenvalue weighted by Gasteiger charge is -2.18. The minimum atomic E-state index is -1.32. The quantitative estimate of drug-likeness (QED) is 0.633. The molecule has 110 valence electrons. The largest absolute Gasteiger partial charge is 0.465 e. The maximum atomic E-state index is 11.1. The van der Waals surface area contributed by atoms with Crippen molar-refractivity contribution in [1.29, 1.82) is 0 Å². The number of amides is 2. The normalized spacial score (nSPS) is 13.6. The first-order valence-electron chi connectivity index (χ1n) is 5.78. The molecule has 6 nitrogen and oxygen atoms in total. The van der Waals surface area contributed by atoms with Crippen LogP contribution in [0.25, 0.3) is 0 Å². The van der Waals surface area contributed by atoms with Crippen molar-refractivity contribution in [2.24, 2.45) is 11.5 Å². The number of carbonyl (C=O) groups excluding carboxylic acids is 1. The lowest BCUT2D eigenvalue weighted by Crippen LogP contribution is -2.47. The number of carbonyl (C=O) groups is 2. The lowest BCUT2D eigenvalue weighted by molar-refractivity contribution is -0.120. The number of carboxylic acid groups (broad SMARTS) is 1. The van der Waals surface area contributed by atoms with Gasteiger partial charge in [-0.05, 0) is 30.5 Å². The Hall–Kier alpha value is -1.50. The van der Waals surface area contributed by atoms with Crippen molar-refractivity contribution < 1.29 is 14.7 Å². The molecule has 0 radical (unpaired) electrons.